The lowest BCUT2D eigenvalue weighted by Gasteiger charge is -2.12. The Bertz CT molecular complexity index is 767. The van der Waals surface area contributed by atoms with Crippen LogP contribution in [0.4, 0.5) is 17.1 Å². The summed E-state index contributed by atoms with van der Waals surface area (Å²) in [7, 11) is 0. The monoisotopic (exact) mass is 439 g/mol. The number of rotatable bonds is 2. The zero-order valence-corrected chi connectivity index (χ0v) is 14.1. The second-order valence-corrected chi connectivity index (χ2v) is 6.54. The molecule has 0 fully saturated rings. The number of nitrogens with one attached hydrogen (secondary N) is 1. The van der Waals surface area contributed by atoms with Gasteiger partial charge in [-0.05, 0) is 65.1 Å². The molecule has 0 radical (unpaired) electrons. The van der Waals surface area contributed by atoms with E-state index < -0.39 is 0 Å². The van der Waals surface area contributed by atoms with Crippen molar-refractivity contribution in [2.24, 2.45) is 0 Å². The van der Waals surface area contributed by atoms with Crippen molar-refractivity contribution in [2.45, 2.75) is 0 Å². The molecule has 0 bridgehead atoms. The minimum atomic E-state index is 0.633. The Labute approximate surface area is 138 Å². The molecule has 0 aliphatic carbocycles. The van der Waals surface area contributed by atoms with E-state index in [1.165, 1.54) is 3.57 Å². The molecule has 100 valence electrons. The van der Waals surface area contributed by atoms with Gasteiger partial charge in [-0.2, -0.15) is 0 Å². The largest absolute Gasteiger partial charge is 0.396 e. The third-order valence-corrected chi connectivity index (χ3v) is 4.19. The van der Waals surface area contributed by atoms with Gasteiger partial charge in [0.15, 0.2) is 0 Å². The molecule has 0 amide bonds. The summed E-state index contributed by atoms with van der Waals surface area (Å²) in [6, 6.07) is 14.1. The van der Waals surface area contributed by atoms with E-state index in [2.05, 4.69) is 61.0 Å². The first kappa shape index (κ1) is 13.6. The van der Waals surface area contributed by atoms with Crippen molar-refractivity contribution in [3.63, 3.8) is 0 Å². The molecular weight excluding hydrogens is 429 g/mol. The fraction of sp³-hybridized carbons (Fsp3) is 0. The van der Waals surface area contributed by atoms with E-state index in [0.717, 1.165) is 26.8 Å². The molecule has 0 atom stereocenters. The first-order chi connectivity index (χ1) is 9.63. The van der Waals surface area contributed by atoms with Crippen LogP contribution in [-0.4, -0.2) is 4.98 Å². The van der Waals surface area contributed by atoms with Gasteiger partial charge in [0.1, 0.15) is 0 Å². The predicted molar refractivity (Wildman–Crippen MR) is 96.3 cm³/mol. The molecule has 0 unspecified atom stereocenters. The molecule has 20 heavy (non-hydrogen) atoms. The number of nitrogens with two attached hydrogens (primary N) is 1. The summed E-state index contributed by atoms with van der Waals surface area (Å²) in [4.78, 5) is 4.35. The van der Waals surface area contributed by atoms with Gasteiger partial charge >= 0.3 is 0 Å². The molecule has 0 saturated heterocycles. The minimum absolute atomic E-state index is 0.633. The lowest BCUT2D eigenvalue weighted by Crippen LogP contribution is -1.98. The van der Waals surface area contributed by atoms with Crippen LogP contribution in [0, 0.1) is 3.57 Å². The Morgan fingerprint density at radius 3 is 2.60 bits per heavy atom. The summed E-state index contributed by atoms with van der Waals surface area (Å²) in [5.41, 5.74) is 9.51. The highest BCUT2D eigenvalue weighted by molar-refractivity contribution is 14.1. The van der Waals surface area contributed by atoms with Crippen LogP contribution in [0.25, 0.3) is 10.9 Å². The molecule has 3 rings (SSSR count). The van der Waals surface area contributed by atoms with Crippen molar-refractivity contribution < 1.29 is 0 Å². The fourth-order valence-electron chi connectivity index (χ4n) is 2.00. The Hall–Kier alpha value is -1.34. The van der Waals surface area contributed by atoms with Crippen molar-refractivity contribution in [2.75, 3.05) is 11.1 Å². The van der Waals surface area contributed by atoms with Crippen LogP contribution in [0.15, 0.2) is 53.1 Å². The minimum Gasteiger partial charge on any atom is -0.396 e. The number of hydrogen-bond acceptors (Lipinski definition) is 3. The highest BCUT2D eigenvalue weighted by atomic mass is 127. The van der Waals surface area contributed by atoms with Gasteiger partial charge in [-0.25, -0.2) is 0 Å². The van der Waals surface area contributed by atoms with Crippen molar-refractivity contribution in [1.82, 2.24) is 4.98 Å². The van der Waals surface area contributed by atoms with Crippen LogP contribution in [0.3, 0.4) is 0 Å². The number of nitrogen functional groups attached to an aromatic ring is 1. The Morgan fingerprint density at radius 2 is 1.85 bits per heavy atom. The van der Waals surface area contributed by atoms with Gasteiger partial charge in [0.05, 0.1) is 23.1 Å². The molecule has 0 aliphatic heterocycles. The summed E-state index contributed by atoms with van der Waals surface area (Å²) in [5.74, 6) is 0. The van der Waals surface area contributed by atoms with Crippen LogP contribution in [0.2, 0.25) is 0 Å². The van der Waals surface area contributed by atoms with Crippen molar-refractivity contribution in [1.29, 1.82) is 0 Å². The smallest absolute Gasteiger partial charge is 0.0746 e. The Balaban J connectivity index is 2.12. The maximum Gasteiger partial charge on any atom is 0.0746 e. The molecular formula is C15H11BrIN3. The van der Waals surface area contributed by atoms with E-state index >= 15 is 0 Å². The summed E-state index contributed by atoms with van der Waals surface area (Å²) in [6.07, 6.45) is 1.69. The van der Waals surface area contributed by atoms with E-state index in [1.807, 2.05) is 30.3 Å². The normalized spacial score (nSPS) is 10.7. The van der Waals surface area contributed by atoms with Gasteiger partial charge in [-0.15, -0.1) is 0 Å². The maximum absolute atomic E-state index is 6.07. The summed E-state index contributed by atoms with van der Waals surface area (Å²) < 4.78 is 2.20. The van der Waals surface area contributed by atoms with Crippen molar-refractivity contribution in [3.8, 4) is 0 Å². The van der Waals surface area contributed by atoms with Gasteiger partial charge < -0.3 is 11.1 Å². The van der Waals surface area contributed by atoms with Crippen LogP contribution in [0.1, 0.15) is 0 Å². The third-order valence-electron chi connectivity index (χ3n) is 2.97. The number of hydrogen-bond donors (Lipinski definition) is 2. The highest BCUT2D eigenvalue weighted by Gasteiger charge is 2.07. The molecule has 0 saturated carbocycles. The molecule has 5 heteroatoms. The Morgan fingerprint density at radius 1 is 1.10 bits per heavy atom. The van der Waals surface area contributed by atoms with E-state index in [-0.39, 0.29) is 0 Å². The number of halogens is 2. The zero-order chi connectivity index (χ0) is 14.1. The molecule has 3 nitrogen and oxygen atoms in total. The third kappa shape index (κ3) is 2.73. The van der Waals surface area contributed by atoms with E-state index in [9.17, 15) is 0 Å². The van der Waals surface area contributed by atoms with Crippen molar-refractivity contribution >= 4 is 66.5 Å². The second kappa shape index (κ2) is 5.57. The average Bonchev–Trinajstić information content (AvgIpc) is 2.44. The van der Waals surface area contributed by atoms with Gasteiger partial charge in [-0.3, -0.25) is 4.98 Å². The summed E-state index contributed by atoms with van der Waals surface area (Å²) >= 11 is 5.77. The van der Waals surface area contributed by atoms with Gasteiger partial charge in [0, 0.05) is 19.1 Å². The number of pyridine rings is 1. The molecule has 0 aliphatic rings. The summed E-state index contributed by atoms with van der Waals surface area (Å²) in [5, 5.41) is 4.38. The van der Waals surface area contributed by atoms with E-state index in [4.69, 9.17) is 5.73 Å². The molecule has 1 aromatic heterocycles. The highest BCUT2D eigenvalue weighted by Crippen LogP contribution is 2.32. The number of fused-ring (bicyclic) bond motifs is 1. The van der Waals surface area contributed by atoms with Crippen LogP contribution in [0.5, 0.6) is 0 Å². The second-order valence-electron chi connectivity index (χ2n) is 4.38. The summed E-state index contributed by atoms with van der Waals surface area (Å²) in [6.45, 7) is 0. The SMILES string of the molecule is Nc1cnc2ccc(Br)cc2c1Nc1ccc(I)cc1. The number of aromatic nitrogens is 1. The van der Waals surface area contributed by atoms with Crippen molar-refractivity contribution in [3.05, 3.63) is 56.7 Å². The standard InChI is InChI=1S/C15H11BrIN3/c16-9-1-6-14-12(7-9)15(13(18)8-19-14)20-11-4-2-10(17)3-5-11/h1-8H,18H2,(H,19,20). The molecule has 1 heterocycles. The Kier molecular flexibility index (Phi) is 3.80. The van der Waals surface area contributed by atoms with Crippen LogP contribution in [-0.2, 0) is 0 Å². The quantitative estimate of drug-likeness (QED) is 0.556. The molecule has 0 spiro atoms. The lowest BCUT2D eigenvalue weighted by atomic mass is 10.1. The number of benzene rings is 2. The topological polar surface area (TPSA) is 50.9 Å². The molecule has 2 aromatic carbocycles. The maximum atomic E-state index is 6.07. The first-order valence-corrected chi connectivity index (χ1v) is 7.87. The van der Waals surface area contributed by atoms with Gasteiger partial charge in [0.25, 0.3) is 0 Å². The van der Waals surface area contributed by atoms with Gasteiger partial charge in [-0.1, -0.05) is 15.9 Å². The molecule has 3 aromatic rings. The zero-order valence-electron chi connectivity index (χ0n) is 10.4. The van der Waals surface area contributed by atoms with Crippen LogP contribution >= 0.6 is 38.5 Å². The predicted octanol–water partition coefficient (Wildman–Crippen LogP) is 4.93. The van der Waals surface area contributed by atoms with Gasteiger partial charge in [0.2, 0.25) is 0 Å². The molecule has 3 N–H and O–H groups in total. The number of nitrogens with zero attached hydrogens (tertiary/aromatic N) is 1. The first-order valence-electron chi connectivity index (χ1n) is 6.00. The van der Waals surface area contributed by atoms with Crippen LogP contribution < -0.4 is 11.1 Å². The van der Waals surface area contributed by atoms with E-state index in [0.29, 0.717) is 5.69 Å². The average molecular weight is 440 g/mol. The van der Waals surface area contributed by atoms with E-state index in [1.54, 1.807) is 6.20 Å². The fourth-order valence-corrected chi connectivity index (χ4v) is 2.72. The number of anilines is 3. The lowest BCUT2D eigenvalue weighted by molar-refractivity contribution is 1.40.